The zero-order valence-electron chi connectivity index (χ0n) is 16.6. The maximum atomic E-state index is 13.0. The number of carbonyl (C=O) groups is 1. The Labute approximate surface area is 173 Å². The molecule has 1 atom stereocenters. The van der Waals surface area contributed by atoms with Crippen LogP contribution in [0.2, 0.25) is 0 Å². The molecule has 1 fully saturated rings. The molecule has 3 rings (SSSR count). The number of sulfonamides is 1. The Hall–Kier alpha value is -2.53. The maximum absolute atomic E-state index is 13.0. The third kappa shape index (κ3) is 4.96. The normalized spacial score (nSPS) is 17.8. The number of nitrogens with zero attached hydrogens (tertiary/aromatic N) is 2. The summed E-state index contributed by atoms with van der Waals surface area (Å²) in [6.45, 7) is 0.794. The van der Waals surface area contributed by atoms with Gasteiger partial charge in [-0.2, -0.15) is 13.1 Å². The van der Waals surface area contributed by atoms with Gasteiger partial charge in [-0.05, 0) is 44.4 Å². The van der Waals surface area contributed by atoms with Crippen molar-refractivity contribution in [2.24, 2.45) is 5.92 Å². The van der Waals surface area contributed by atoms with Crippen molar-refractivity contribution in [3.8, 4) is 5.75 Å². The van der Waals surface area contributed by atoms with Crippen LogP contribution in [0.4, 0.5) is 8.78 Å². The van der Waals surface area contributed by atoms with Crippen LogP contribution in [0, 0.1) is 19.8 Å². The number of carbonyl (C=O) groups excluding carboxylic acids is 1. The van der Waals surface area contributed by atoms with Gasteiger partial charge in [-0.1, -0.05) is 17.3 Å². The molecule has 2 heterocycles. The van der Waals surface area contributed by atoms with Crippen LogP contribution in [0.25, 0.3) is 0 Å². The minimum atomic E-state index is -3.81. The minimum Gasteiger partial charge on any atom is -0.435 e. The SMILES string of the molecule is Cc1noc(C)c1S(=O)(=O)N1CCCC(C(=O)NCc2ccc(OC(F)F)cc2)C1. The Morgan fingerprint density at radius 2 is 2.03 bits per heavy atom. The number of rotatable bonds is 7. The molecule has 1 N–H and O–H groups in total. The third-order valence-corrected chi connectivity index (χ3v) is 7.05. The summed E-state index contributed by atoms with van der Waals surface area (Å²) in [7, 11) is -3.81. The highest BCUT2D eigenvalue weighted by atomic mass is 32.2. The van der Waals surface area contributed by atoms with Crippen molar-refractivity contribution in [1.82, 2.24) is 14.8 Å². The predicted octanol–water partition coefficient (Wildman–Crippen LogP) is 2.61. The van der Waals surface area contributed by atoms with E-state index in [1.807, 2.05) is 0 Å². The van der Waals surface area contributed by atoms with Gasteiger partial charge in [-0.3, -0.25) is 4.79 Å². The second kappa shape index (κ2) is 9.09. The first-order valence-electron chi connectivity index (χ1n) is 9.43. The summed E-state index contributed by atoms with van der Waals surface area (Å²) in [5.74, 6) is -0.497. The lowest BCUT2D eigenvalue weighted by Crippen LogP contribution is -2.45. The first kappa shape index (κ1) is 22.2. The van der Waals surface area contributed by atoms with Gasteiger partial charge >= 0.3 is 6.61 Å². The molecule has 0 spiro atoms. The lowest BCUT2D eigenvalue weighted by molar-refractivity contribution is -0.126. The molecule has 0 bridgehead atoms. The summed E-state index contributed by atoms with van der Waals surface area (Å²) in [5, 5.41) is 6.48. The van der Waals surface area contributed by atoms with Crippen molar-refractivity contribution < 1.29 is 31.3 Å². The van der Waals surface area contributed by atoms with E-state index in [9.17, 15) is 22.0 Å². The van der Waals surface area contributed by atoms with Crippen LogP contribution in [-0.2, 0) is 21.4 Å². The number of aromatic nitrogens is 1. The van der Waals surface area contributed by atoms with Crippen LogP contribution in [-0.4, -0.2) is 43.5 Å². The molecule has 1 unspecified atom stereocenters. The standard InChI is InChI=1S/C19H23F2N3O5S/c1-12-17(13(2)29-23-12)30(26,27)24-9-3-4-15(11-24)18(25)22-10-14-5-7-16(8-6-14)28-19(20)21/h5-8,15,19H,3-4,9-11H2,1-2H3,(H,22,25). The highest BCUT2D eigenvalue weighted by Crippen LogP contribution is 2.27. The zero-order valence-corrected chi connectivity index (χ0v) is 17.4. The fourth-order valence-corrected chi connectivity index (χ4v) is 5.28. The molecule has 2 aromatic rings. The average molecular weight is 443 g/mol. The van der Waals surface area contributed by atoms with E-state index in [4.69, 9.17) is 4.52 Å². The van der Waals surface area contributed by atoms with Crippen molar-refractivity contribution in [2.75, 3.05) is 13.1 Å². The van der Waals surface area contributed by atoms with Gasteiger partial charge in [-0.15, -0.1) is 0 Å². The van der Waals surface area contributed by atoms with Crippen LogP contribution in [0.5, 0.6) is 5.75 Å². The Morgan fingerprint density at radius 1 is 1.33 bits per heavy atom. The first-order valence-corrected chi connectivity index (χ1v) is 10.9. The molecule has 1 saturated heterocycles. The summed E-state index contributed by atoms with van der Waals surface area (Å²) in [6.07, 6.45) is 1.13. The fraction of sp³-hybridized carbons (Fsp3) is 0.474. The van der Waals surface area contributed by atoms with Gasteiger partial charge in [0.1, 0.15) is 16.3 Å². The van der Waals surface area contributed by atoms with E-state index in [0.29, 0.717) is 30.6 Å². The van der Waals surface area contributed by atoms with Gasteiger partial charge in [0.2, 0.25) is 15.9 Å². The molecule has 1 aromatic carbocycles. The molecule has 30 heavy (non-hydrogen) atoms. The number of amides is 1. The molecule has 0 aliphatic carbocycles. The number of piperidine rings is 1. The second-order valence-corrected chi connectivity index (χ2v) is 8.97. The van der Waals surface area contributed by atoms with Crippen LogP contribution in [0.15, 0.2) is 33.7 Å². The zero-order chi connectivity index (χ0) is 21.9. The quantitative estimate of drug-likeness (QED) is 0.706. The van der Waals surface area contributed by atoms with Crippen molar-refractivity contribution in [2.45, 2.75) is 44.7 Å². The molecule has 8 nitrogen and oxygen atoms in total. The number of ether oxygens (including phenoxy) is 1. The van der Waals surface area contributed by atoms with Gasteiger partial charge in [0, 0.05) is 19.6 Å². The molecule has 11 heteroatoms. The van der Waals surface area contributed by atoms with Gasteiger partial charge in [-0.25, -0.2) is 8.42 Å². The van der Waals surface area contributed by atoms with E-state index in [-0.39, 0.29) is 35.4 Å². The number of aryl methyl sites for hydroxylation is 2. The van der Waals surface area contributed by atoms with E-state index >= 15 is 0 Å². The summed E-state index contributed by atoms with van der Waals surface area (Å²) < 4.78 is 60.9. The molecule has 1 aliphatic heterocycles. The van der Waals surface area contributed by atoms with Crippen LogP contribution in [0.1, 0.15) is 29.9 Å². The van der Waals surface area contributed by atoms with Crippen LogP contribution in [0.3, 0.4) is 0 Å². The molecule has 1 amide bonds. The second-order valence-electron chi connectivity index (χ2n) is 7.10. The predicted molar refractivity (Wildman–Crippen MR) is 102 cm³/mol. The van der Waals surface area contributed by atoms with Crippen molar-refractivity contribution in [1.29, 1.82) is 0 Å². The lowest BCUT2D eigenvalue weighted by Gasteiger charge is -2.31. The fourth-order valence-electron chi connectivity index (χ4n) is 3.47. The van der Waals surface area contributed by atoms with Gasteiger partial charge in [0.15, 0.2) is 5.76 Å². The Morgan fingerprint density at radius 3 is 2.63 bits per heavy atom. The maximum Gasteiger partial charge on any atom is 0.387 e. The number of alkyl halides is 2. The van der Waals surface area contributed by atoms with E-state index in [0.717, 1.165) is 0 Å². The van der Waals surface area contributed by atoms with Gasteiger partial charge < -0.3 is 14.6 Å². The third-order valence-electron chi connectivity index (χ3n) is 4.94. The molecule has 0 radical (unpaired) electrons. The molecule has 164 valence electrons. The monoisotopic (exact) mass is 443 g/mol. The van der Waals surface area contributed by atoms with Crippen LogP contribution >= 0.6 is 0 Å². The summed E-state index contributed by atoms with van der Waals surface area (Å²) in [6, 6.07) is 5.94. The Bertz CT molecular complexity index is 973. The number of halogens is 2. The van der Waals surface area contributed by atoms with E-state index in [1.54, 1.807) is 26.0 Å². The van der Waals surface area contributed by atoms with E-state index in [2.05, 4.69) is 15.2 Å². The van der Waals surface area contributed by atoms with E-state index < -0.39 is 22.6 Å². The molecule has 1 aromatic heterocycles. The summed E-state index contributed by atoms with van der Waals surface area (Å²) >= 11 is 0. The molecular weight excluding hydrogens is 420 g/mol. The van der Waals surface area contributed by atoms with Gasteiger partial charge in [0.25, 0.3) is 0 Å². The lowest BCUT2D eigenvalue weighted by atomic mass is 9.99. The van der Waals surface area contributed by atoms with Crippen molar-refractivity contribution in [3.05, 3.63) is 41.3 Å². The average Bonchev–Trinajstić information content (AvgIpc) is 3.05. The van der Waals surface area contributed by atoms with E-state index in [1.165, 1.54) is 16.4 Å². The Kier molecular flexibility index (Phi) is 6.71. The number of hydrogen-bond acceptors (Lipinski definition) is 6. The summed E-state index contributed by atoms with van der Waals surface area (Å²) in [4.78, 5) is 12.6. The topological polar surface area (TPSA) is 102 Å². The number of hydrogen-bond donors (Lipinski definition) is 1. The smallest absolute Gasteiger partial charge is 0.387 e. The molecular formula is C19H23F2N3O5S. The number of benzene rings is 1. The van der Waals surface area contributed by atoms with Crippen molar-refractivity contribution >= 4 is 15.9 Å². The Balaban J connectivity index is 1.60. The highest BCUT2D eigenvalue weighted by Gasteiger charge is 2.36. The molecule has 1 aliphatic rings. The minimum absolute atomic E-state index is 0.0347. The summed E-state index contributed by atoms with van der Waals surface area (Å²) in [5.41, 5.74) is 0.999. The number of nitrogens with one attached hydrogen (secondary N) is 1. The highest BCUT2D eigenvalue weighted by molar-refractivity contribution is 7.89. The molecule has 0 saturated carbocycles. The van der Waals surface area contributed by atoms with Crippen molar-refractivity contribution in [3.63, 3.8) is 0 Å². The van der Waals surface area contributed by atoms with Gasteiger partial charge in [0.05, 0.1) is 5.92 Å². The van der Waals surface area contributed by atoms with Crippen LogP contribution < -0.4 is 10.1 Å². The largest absolute Gasteiger partial charge is 0.435 e. The first-order chi connectivity index (χ1) is 14.2.